The minimum atomic E-state index is -4.38. The van der Waals surface area contributed by atoms with Gasteiger partial charge >= 0.3 is 12.1 Å². The molecule has 168 valence electrons. The van der Waals surface area contributed by atoms with Crippen LogP contribution in [0.4, 0.5) is 13.2 Å². The van der Waals surface area contributed by atoms with E-state index in [1.807, 2.05) is 30.3 Å². The molecule has 0 N–H and O–H groups in total. The summed E-state index contributed by atoms with van der Waals surface area (Å²) in [5.41, 5.74) is 0.382. The highest BCUT2D eigenvalue weighted by Gasteiger charge is 2.56. The Hall–Kier alpha value is -2.54. The lowest BCUT2D eigenvalue weighted by Crippen LogP contribution is -2.42. The van der Waals surface area contributed by atoms with Crippen molar-refractivity contribution in [3.8, 4) is 0 Å². The summed E-state index contributed by atoms with van der Waals surface area (Å²) >= 11 is 0. The topological polar surface area (TPSA) is 40.5 Å². The number of rotatable bonds is 7. The Bertz CT molecular complexity index is 934. The van der Waals surface area contributed by atoms with E-state index in [1.54, 1.807) is 29.8 Å². The third kappa shape index (κ3) is 4.71. The molecule has 1 unspecified atom stereocenters. The number of hydrogen-bond donors (Lipinski definition) is 0. The fraction of sp³-hybridized carbons (Fsp3) is 0.458. The standard InChI is InChI=1S/C24H28F3NO3/c1-17-19(22(29)30-3)15-28(13-14-31-16-18-9-5-4-6-10-18)21(17)20-11-7-8-12-23(20,2)24(25,26)27/h4-7,9-11,15,20H,8,12-14,16H2,1-3H3/t20-,23?/m0/s1. The Morgan fingerprint density at radius 3 is 2.61 bits per heavy atom. The number of allylic oxidation sites excluding steroid dienone is 2. The van der Waals surface area contributed by atoms with Gasteiger partial charge in [-0.3, -0.25) is 0 Å². The molecule has 2 aromatic rings. The molecule has 7 heteroatoms. The van der Waals surface area contributed by atoms with Crippen LogP contribution >= 0.6 is 0 Å². The number of alkyl halides is 3. The van der Waals surface area contributed by atoms with Gasteiger partial charge in [0.1, 0.15) is 0 Å². The number of ether oxygens (including phenoxy) is 2. The number of nitrogens with zero attached hydrogens (tertiary/aromatic N) is 1. The quantitative estimate of drug-likeness (QED) is 0.313. The molecule has 0 radical (unpaired) electrons. The normalized spacial score (nSPS) is 21.3. The fourth-order valence-electron chi connectivity index (χ4n) is 4.21. The first kappa shape index (κ1) is 23.1. The minimum absolute atomic E-state index is 0.000349. The van der Waals surface area contributed by atoms with Gasteiger partial charge in [-0.1, -0.05) is 42.5 Å². The second kappa shape index (κ2) is 9.30. The summed E-state index contributed by atoms with van der Waals surface area (Å²) < 4.78 is 54.6. The Morgan fingerprint density at radius 1 is 1.26 bits per heavy atom. The monoisotopic (exact) mass is 435 g/mol. The van der Waals surface area contributed by atoms with Crippen LogP contribution in [-0.2, 0) is 22.6 Å². The number of aromatic nitrogens is 1. The maximum absolute atomic E-state index is 14.1. The van der Waals surface area contributed by atoms with E-state index in [2.05, 4.69) is 0 Å². The maximum atomic E-state index is 14.1. The molecule has 3 rings (SSSR count). The predicted octanol–water partition coefficient (Wildman–Crippen LogP) is 5.80. The fourth-order valence-corrected chi connectivity index (χ4v) is 4.21. The van der Waals surface area contributed by atoms with Crippen LogP contribution in [0.3, 0.4) is 0 Å². The van der Waals surface area contributed by atoms with Crippen molar-refractivity contribution < 1.29 is 27.4 Å². The highest BCUT2D eigenvalue weighted by atomic mass is 19.4. The van der Waals surface area contributed by atoms with Crippen molar-refractivity contribution in [2.45, 2.75) is 51.9 Å². The molecule has 4 nitrogen and oxygen atoms in total. The number of esters is 1. The summed E-state index contributed by atoms with van der Waals surface area (Å²) in [6.07, 6.45) is 0.998. The molecule has 0 fully saturated rings. The minimum Gasteiger partial charge on any atom is -0.465 e. The van der Waals surface area contributed by atoms with Crippen LogP contribution in [-0.4, -0.2) is 30.4 Å². The van der Waals surface area contributed by atoms with Crippen LogP contribution in [0.1, 0.15) is 52.9 Å². The molecule has 0 bridgehead atoms. The summed E-state index contributed by atoms with van der Waals surface area (Å²) in [5, 5.41) is 0. The summed E-state index contributed by atoms with van der Waals surface area (Å²) in [6.45, 7) is 3.99. The van der Waals surface area contributed by atoms with E-state index < -0.39 is 23.5 Å². The first-order valence-corrected chi connectivity index (χ1v) is 10.3. The highest BCUT2D eigenvalue weighted by Crippen LogP contribution is 2.54. The zero-order chi connectivity index (χ0) is 22.6. The molecule has 1 aliphatic rings. The summed E-state index contributed by atoms with van der Waals surface area (Å²) in [5.74, 6) is -1.45. The van der Waals surface area contributed by atoms with Gasteiger partial charge in [0.2, 0.25) is 0 Å². The number of halogens is 3. The predicted molar refractivity (Wildman–Crippen MR) is 112 cm³/mol. The van der Waals surface area contributed by atoms with Crippen LogP contribution in [0.2, 0.25) is 0 Å². The molecule has 1 aromatic carbocycles. The largest absolute Gasteiger partial charge is 0.465 e. The van der Waals surface area contributed by atoms with Crippen LogP contribution in [0, 0.1) is 12.3 Å². The molecule has 0 saturated carbocycles. The van der Waals surface area contributed by atoms with Crippen molar-refractivity contribution in [2.24, 2.45) is 5.41 Å². The van der Waals surface area contributed by atoms with Gasteiger partial charge in [0, 0.05) is 24.4 Å². The number of methoxy groups -OCH3 is 1. The second-order valence-corrected chi connectivity index (χ2v) is 8.14. The van der Waals surface area contributed by atoms with E-state index in [0.29, 0.717) is 37.4 Å². The number of hydrogen-bond acceptors (Lipinski definition) is 3. The van der Waals surface area contributed by atoms with Gasteiger partial charge in [0.25, 0.3) is 0 Å². The van der Waals surface area contributed by atoms with Crippen molar-refractivity contribution >= 4 is 5.97 Å². The highest BCUT2D eigenvalue weighted by molar-refractivity contribution is 5.91. The molecule has 1 aromatic heterocycles. The van der Waals surface area contributed by atoms with Gasteiger partial charge in [-0.15, -0.1) is 0 Å². The van der Waals surface area contributed by atoms with Crippen molar-refractivity contribution in [3.05, 3.63) is 71.1 Å². The average Bonchev–Trinajstić information content (AvgIpc) is 3.07. The first-order chi connectivity index (χ1) is 14.7. The number of carbonyl (C=O) groups is 1. The van der Waals surface area contributed by atoms with E-state index in [1.165, 1.54) is 14.0 Å². The van der Waals surface area contributed by atoms with Gasteiger partial charge in [0.05, 0.1) is 31.3 Å². The van der Waals surface area contributed by atoms with Crippen molar-refractivity contribution in [1.82, 2.24) is 4.57 Å². The number of carbonyl (C=O) groups excluding carboxylic acids is 1. The third-order valence-corrected chi connectivity index (χ3v) is 6.16. The zero-order valence-electron chi connectivity index (χ0n) is 18.0. The third-order valence-electron chi connectivity index (χ3n) is 6.16. The molecule has 0 aliphatic heterocycles. The molecule has 2 atom stereocenters. The molecule has 0 spiro atoms. The van der Waals surface area contributed by atoms with Gasteiger partial charge in [-0.25, -0.2) is 4.79 Å². The Balaban J connectivity index is 1.90. The molecular formula is C24H28F3NO3. The van der Waals surface area contributed by atoms with Gasteiger partial charge in [0.15, 0.2) is 0 Å². The summed E-state index contributed by atoms with van der Waals surface area (Å²) in [6, 6.07) is 9.65. The lowest BCUT2D eigenvalue weighted by molar-refractivity contribution is -0.226. The second-order valence-electron chi connectivity index (χ2n) is 8.14. The molecule has 1 aliphatic carbocycles. The van der Waals surface area contributed by atoms with Crippen LogP contribution in [0.15, 0.2) is 48.7 Å². The molecular weight excluding hydrogens is 407 g/mol. The van der Waals surface area contributed by atoms with Crippen molar-refractivity contribution in [1.29, 1.82) is 0 Å². The lowest BCUT2D eigenvalue weighted by Gasteiger charge is -2.41. The van der Waals surface area contributed by atoms with Crippen LogP contribution in [0.25, 0.3) is 0 Å². The molecule has 0 saturated heterocycles. The van der Waals surface area contributed by atoms with Crippen molar-refractivity contribution in [3.63, 3.8) is 0 Å². The summed E-state index contributed by atoms with van der Waals surface area (Å²) in [4.78, 5) is 12.2. The van der Waals surface area contributed by atoms with Gasteiger partial charge in [-0.05, 0) is 37.8 Å². The zero-order valence-corrected chi connectivity index (χ0v) is 18.0. The lowest BCUT2D eigenvalue weighted by atomic mass is 9.68. The Morgan fingerprint density at radius 2 is 1.97 bits per heavy atom. The molecule has 1 heterocycles. The van der Waals surface area contributed by atoms with E-state index in [9.17, 15) is 18.0 Å². The first-order valence-electron chi connectivity index (χ1n) is 10.3. The van der Waals surface area contributed by atoms with E-state index in [4.69, 9.17) is 9.47 Å². The smallest absolute Gasteiger partial charge is 0.395 e. The van der Waals surface area contributed by atoms with Crippen LogP contribution < -0.4 is 0 Å². The molecule has 0 amide bonds. The SMILES string of the molecule is COC(=O)c1cn(CCOCc2ccccc2)c([C@@H]2C=CCCC2(C)C(F)(F)F)c1C. The summed E-state index contributed by atoms with van der Waals surface area (Å²) in [7, 11) is 1.27. The van der Waals surface area contributed by atoms with Gasteiger partial charge in [-0.2, -0.15) is 13.2 Å². The average molecular weight is 435 g/mol. The van der Waals surface area contributed by atoms with E-state index >= 15 is 0 Å². The Kier molecular flexibility index (Phi) is 6.94. The Labute approximate surface area is 180 Å². The van der Waals surface area contributed by atoms with Crippen LogP contribution in [0.5, 0.6) is 0 Å². The number of benzene rings is 1. The van der Waals surface area contributed by atoms with Gasteiger partial charge < -0.3 is 14.0 Å². The maximum Gasteiger partial charge on any atom is 0.395 e. The van der Waals surface area contributed by atoms with E-state index in [-0.39, 0.29) is 12.0 Å². The van der Waals surface area contributed by atoms with Crippen molar-refractivity contribution in [2.75, 3.05) is 13.7 Å². The molecule has 31 heavy (non-hydrogen) atoms. The van der Waals surface area contributed by atoms with E-state index in [0.717, 1.165) is 5.56 Å².